The van der Waals surface area contributed by atoms with Crippen LogP contribution in [0.2, 0.25) is 0 Å². The summed E-state index contributed by atoms with van der Waals surface area (Å²) >= 11 is 0. The van der Waals surface area contributed by atoms with Crippen molar-refractivity contribution in [2.75, 3.05) is 7.11 Å². The topological polar surface area (TPSA) is 9.23 Å². The van der Waals surface area contributed by atoms with Crippen LogP contribution in [0.5, 0.6) is 5.75 Å². The molecule has 0 aliphatic carbocycles. The SMILES string of the molecule is CCCc1cc(CC)cc(C)c1OC. The second-order valence-corrected chi connectivity index (χ2v) is 3.71. The van der Waals surface area contributed by atoms with Crippen molar-refractivity contribution >= 4 is 0 Å². The fourth-order valence-electron chi connectivity index (χ4n) is 1.88. The Labute approximate surface area is 87.1 Å². The van der Waals surface area contributed by atoms with E-state index in [0.717, 1.165) is 18.6 Å². The minimum absolute atomic E-state index is 1.07. The Morgan fingerprint density at radius 2 is 1.93 bits per heavy atom. The highest BCUT2D eigenvalue weighted by molar-refractivity contribution is 5.44. The molecule has 1 heteroatoms. The lowest BCUT2D eigenvalue weighted by Gasteiger charge is -2.12. The van der Waals surface area contributed by atoms with E-state index in [-0.39, 0.29) is 0 Å². The third kappa shape index (κ3) is 2.28. The predicted molar refractivity (Wildman–Crippen MR) is 61.1 cm³/mol. The number of rotatable bonds is 4. The van der Waals surface area contributed by atoms with Crippen molar-refractivity contribution in [3.05, 3.63) is 28.8 Å². The average Bonchev–Trinajstić information content (AvgIpc) is 2.18. The van der Waals surface area contributed by atoms with Gasteiger partial charge in [0, 0.05) is 0 Å². The van der Waals surface area contributed by atoms with Crippen molar-refractivity contribution in [2.24, 2.45) is 0 Å². The number of methoxy groups -OCH3 is 1. The van der Waals surface area contributed by atoms with E-state index < -0.39 is 0 Å². The molecule has 1 rings (SSSR count). The molecule has 0 unspecified atom stereocenters. The van der Waals surface area contributed by atoms with Crippen molar-refractivity contribution in [3.63, 3.8) is 0 Å². The molecule has 0 N–H and O–H groups in total. The molecule has 0 amide bonds. The van der Waals surface area contributed by atoms with E-state index in [1.54, 1.807) is 7.11 Å². The molecule has 1 aromatic rings. The maximum absolute atomic E-state index is 5.43. The van der Waals surface area contributed by atoms with Crippen LogP contribution in [-0.4, -0.2) is 7.11 Å². The third-order valence-corrected chi connectivity index (χ3v) is 2.54. The van der Waals surface area contributed by atoms with Crippen LogP contribution < -0.4 is 4.74 Å². The second-order valence-electron chi connectivity index (χ2n) is 3.71. The van der Waals surface area contributed by atoms with E-state index >= 15 is 0 Å². The zero-order chi connectivity index (χ0) is 10.6. The lowest BCUT2D eigenvalue weighted by atomic mass is 10.0. The van der Waals surface area contributed by atoms with Crippen LogP contribution in [0.25, 0.3) is 0 Å². The Morgan fingerprint density at radius 1 is 1.21 bits per heavy atom. The lowest BCUT2D eigenvalue weighted by Crippen LogP contribution is -1.97. The Bertz CT molecular complexity index is 302. The standard InChI is InChI=1S/C13H20O/c1-5-7-12-9-11(6-2)8-10(3)13(12)14-4/h8-9H,5-7H2,1-4H3. The fraction of sp³-hybridized carbons (Fsp3) is 0.538. The summed E-state index contributed by atoms with van der Waals surface area (Å²) in [4.78, 5) is 0. The molecule has 0 aromatic heterocycles. The van der Waals surface area contributed by atoms with Gasteiger partial charge in [0.05, 0.1) is 7.11 Å². The lowest BCUT2D eigenvalue weighted by molar-refractivity contribution is 0.406. The Kier molecular flexibility index (Phi) is 3.99. The van der Waals surface area contributed by atoms with Crippen LogP contribution in [-0.2, 0) is 12.8 Å². The highest BCUT2D eigenvalue weighted by atomic mass is 16.5. The zero-order valence-electron chi connectivity index (χ0n) is 9.68. The Hall–Kier alpha value is -0.980. The molecule has 0 aliphatic heterocycles. The maximum Gasteiger partial charge on any atom is 0.124 e. The smallest absolute Gasteiger partial charge is 0.124 e. The number of hydrogen-bond acceptors (Lipinski definition) is 1. The molecule has 1 aromatic carbocycles. The number of aryl methyl sites for hydroxylation is 3. The van der Waals surface area contributed by atoms with Crippen molar-refractivity contribution in [1.82, 2.24) is 0 Å². The predicted octanol–water partition coefficient (Wildman–Crippen LogP) is 3.52. The molecule has 1 nitrogen and oxygen atoms in total. The monoisotopic (exact) mass is 192 g/mol. The molecule has 0 heterocycles. The van der Waals surface area contributed by atoms with Crippen LogP contribution in [0, 0.1) is 6.92 Å². The molecule has 0 aliphatic rings. The molecule has 0 fully saturated rings. The van der Waals surface area contributed by atoms with Crippen molar-refractivity contribution in [1.29, 1.82) is 0 Å². The summed E-state index contributed by atoms with van der Waals surface area (Å²) in [6, 6.07) is 4.49. The first-order valence-electron chi connectivity index (χ1n) is 5.39. The number of ether oxygens (including phenoxy) is 1. The summed E-state index contributed by atoms with van der Waals surface area (Å²) in [5.74, 6) is 1.07. The van der Waals surface area contributed by atoms with E-state index in [9.17, 15) is 0 Å². The maximum atomic E-state index is 5.43. The van der Waals surface area contributed by atoms with Gasteiger partial charge in [0.15, 0.2) is 0 Å². The van der Waals surface area contributed by atoms with Gasteiger partial charge in [-0.15, -0.1) is 0 Å². The fourth-order valence-corrected chi connectivity index (χ4v) is 1.88. The molecular formula is C13H20O. The summed E-state index contributed by atoms with van der Waals surface area (Å²) in [7, 11) is 1.76. The molecule has 0 saturated heterocycles. The van der Waals surface area contributed by atoms with Crippen molar-refractivity contribution in [3.8, 4) is 5.75 Å². The summed E-state index contributed by atoms with van der Waals surface area (Å²) in [6.07, 6.45) is 3.38. The highest BCUT2D eigenvalue weighted by Crippen LogP contribution is 2.26. The first-order chi connectivity index (χ1) is 6.72. The van der Waals surface area contributed by atoms with Gasteiger partial charge in [-0.1, -0.05) is 32.4 Å². The minimum atomic E-state index is 1.07. The molecule has 0 radical (unpaired) electrons. The first-order valence-corrected chi connectivity index (χ1v) is 5.39. The average molecular weight is 192 g/mol. The third-order valence-electron chi connectivity index (χ3n) is 2.54. The molecule has 0 saturated carbocycles. The van der Waals surface area contributed by atoms with Crippen LogP contribution in [0.15, 0.2) is 12.1 Å². The van der Waals surface area contributed by atoms with Gasteiger partial charge in [0.1, 0.15) is 5.75 Å². The molecule has 14 heavy (non-hydrogen) atoms. The van der Waals surface area contributed by atoms with Crippen LogP contribution >= 0.6 is 0 Å². The van der Waals surface area contributed by atoms with E-state index in [2.05, 4.69) is 32.9 Å². The van der Waals surface area contributed by atoms with Gasteiger partial charge < -0.3 is 4.74 Å². The van der Waals surface area contributed by atoms with E-state index in [0.29, 0.717) is 0 Å². The number of hydrogen-bond donors (Lipinski definition) is 0. The zero-order valence-corrected chi connectivity index (χ0v) is 9.68. The van der Waals surface area contributed by atoms with Crippen molar-refractivity contribution in [2.45, 2.75) is 40.0 Å². The summed E-state index contributed by atoms with van der Waals surface area (Å²) in [5, 5.41) is 0. The summed E-state index contributed by atoms with van der Waals surface area (Å²) < 4.78 is 5.43. The molecule has 78 valence electrons. The molecule has 0 bridgehead atoms. The second kappa shape index (κ2) is 5.04. The first kappa shape index (κ1) is 11.1. The van der Waals surface area contributed by atoms with Gasteiger partial charge in [-0.3, -0.25) is 0 Å². The minimum Gasteiger partial charge on any atom is -0.496 e. The number of benzene rings is 1. The van der Waals surface area contributed by atoms with Crippen LogP contribution in [0.4, 0.5) is 0 Å². The molecule has 0 atom stereocenters. The molecular weight excluding hydrogens is 172 g/mol. The largest absolute Gasteiger partial charge is 0.496 e. The van der Waals surface area contributed by atoms with Crippen molar-refractivity contribution < 1.29 is 4.74 Å². The van der Waals surface area contributed by atoms with Gasteiger partial charge in [-0.05, 0) is 36.5 Å². The van der Waals surface area contributed by atoms with Gasteiger partial charge >= 0.3 is 0 Å². The van der Waals surface area contributed by atoms with Crippen LogP contribution in [0.1, 0.15) is 37.0 Å². The summed E-state index contributed by atoms with van der Waals surface area (Å²) in [6.45, 7) is 6.52. The van der Waals surface area contributed by atoms with E-state index in [1.165, 1.54) is 23.1 Å². The summed E-state index contributed by atoms with van der Waals surface area (Å²) in [5.41, 5.74) is 4.02. The van der Waals surface area contributed by atoms with Gasteiger partial charge in [-0.2, -0.15) is 0 Å². The Morgan fingerprint density at radius 3 is 2.43 bits per heavy atom. The van der Waals surface area contributed by atoms with Crippen LogP contribution in [0.3, 0.4) is 0 Å². The van der Waals surface area contributed by atoms with Gasteiger partial charge in [0.25, 0.3) is 0 Å². The Balaban J connectivity index is 3.13. The van der Waals surface area contributed by atoms with Gasteiger partial charge in [0.2, 0.25) is 0 Å². The van der Waals surface area contributed by atoms with E-state index in [4.69, 9.17) is 4.74 Å². The normalized spacial score (nSPS) is 10.3. The van der Waals surface area contributed by atoms with Gasteiger partial charge in [-0.25, -0.2) is 0 Å². The molecule has 0 spiro atoms. The quantitative estimate of drug-likeness (QED) is 0.709. The highest BCUT2D eigenvalue weighted by Gasteiger charge is 2.06. The van der Waals surface area contributed by atoms with E-state index in [1.807, 2.05) is 0 Å².